The highest BCUT2D eigenvalue weighted by Gasteiger charge is 2.23. The Hall–Kier alpha value is -2.39. The van der Waals surface area contributed by atoms with Crippen LogP contribution in [-0.2, 0) is 4.74 Å². The van der Waals surface area contributed by atoms with Gasteiger partial charge in [0.05, 0.1) is 12.1 Å². The molecule has 1 aliphatic rings. The SMILES string of the molecule is c1ccc(-c2cccc3cccnc23)c(OC[C@@H]2CO2)c1. The summed E-state index contributed by atoms with van der Waals surface area (Å²) >= 11 is 0. The Kier molecular flexibility index (Phi) is 3.05. The molecule has 0 amide bonds. The average molecular weight is 277 g/mol. The van der Waals surface area contributed by atoms with E-state index in [1.165, 1.54) is 0 Å². The van der Waals surface area contributed by atoms with Crippen LogP contribution in [0.15, 0.2) is 60.8 Å². The summed E-state index contributed by atoms with van der Waals surface area (Å²) in [6, 6.07) is 18.3. The number of aromatic nitrogens is 1. The number of pyridine rings is 1. The largest absolute Gasteiger partial charge is 0.490 e. The van der Waals surface area contributed by atoms with E-state index in [-0.39, 0.29) is 6.10 Å². The molecule has 2 aromatic carbocycles. The number of epoxide rings is 1. The first kappa shape index (κ1) is 12.4. The summed E-state index contributed by atoms with van der Waals surface area (Å²) in [5, 5.41) is 1.13. The van der Waals surface area contributed by atoms with Gasteiger partial charge < -0.3 is 9.47 Å². The van der Waals surface area contributed by atoms with E-state index in [1.807, 2.05) is 30.5 Å². The minimum absolute atomic E-state index is 0.253. The van der Waals surface area contributed by atoms with Gasteiger partial charge in [0.1, 0.15) is 18.5 Å². The number of hydrogen-bond acceptors (Lipinski definition) is 3. The van der Waals surface area contributed by atoms with Crippen molar-refractivity contribution >= 4 is 10.9 Å². The zero-order valence-corrected chi connectivity index (χ0v) is 11.5. The third kappa shape index (κ3) is 2.48. The van der Waals surface area contributed by atoms with Crippen molar-refractivity contribution in [3.8, 4) is 16.9 Å². The van der Waals surface area contributed by atoms with Gasteiger partial charge in [-0.2, -0.15) is 0 Å². The van der Waals surface area contributed by atoms with E-state index in [1.54, 1.807) is 0 Å². The lowest BCUT2D eigenvalue weighted by Gasteiger charge is -2.12. The first-order valence-corrected chi connectivity index (χ1v) is 7.09. The normalized spacial score (nSPS) is 16.9. The monoisotopic (exact) mass is 277 g/mol. The molecule has 0 unspecified atom stereocenters. The Morgan fingerprint density at radius 3 is 2.71 bits per heavy atom. The Morgan fingerprint density at radius 2 is 1.81 bits per heavy atom. The molecule has 104 valence electrons. The number of benzene rings is 2. The van der Waals surface area contributed by atoms with Gasteiger partial charge in [0.15, 0.2) is 0 Å². The quantitative estimate of drug-likeness (QED) is 0.682. The third-order valence-corrected chi connectivity index (χ3v) is 3.64. The van der Waals surface area contributed by atoms with Crippen molar-refractivity contribution in [2.75, 3.05) is 13.2 Å². The molecule has 0 radical (unpaired) electrons. The Balaban J connectivity index is 1.80. The maximum absolute atomic E-state index is 5.91. The number of hydrogen-bond donors (Lipinski definition) is 0. The van der Waals surface area contributed by atoms with Crippen molar-refractivity contribution in [1.82, 2.24) is 4.98 Å². The van der Waals surface area contributed by atoms with Gasteiger partial charge in [-0.05, 0) is 12.1 Å². The van der Waals surface area contributed by atoms with Gasteiger partial charge in [-0.1, -0.05) is 42.5 Å². The lowest BCUT2D eigenvalue weighted by molar-refractivity contribution is 0.264. The summed E-state index contributed by atoms with van der Waals surface area (Å²) in [5.41, 5.74) is 3.17. The van der Waals surface area contributed by atoms with Crippen molar-refractivity contribution < 1.29 is 9.47 Å². The van der Waals surface area contributed by atoms with E-state index in [4.69, 9.17) is 9.47 Å². The number of fused-ring (bicyclic) bond motifs is 1. The molecule has 0 aliphatic carbocycles. The molecular weight excluding hydrogens is 262 g/mol. The van der Waals surface area contributed by atoms with E-state index in [2.05, 4.69) is 35.3 Å². The van der Waals surface area contributed by atoms with E-state index < -0.39 is 0 Å². The second kappa shape index (κ2) is 5.19. The predicted molar refractivity (Wildman–Crippen MR) is 82.4 cm³/mol. The van der Waals surface area contributed by atoms with E-state index in [0.29, 0.717) is 6.61 Å². The van der Waals surface area contributed by atoms with Gasteiger partial charge in [-0.3, -0.25) is 4.98 Å². The Bertz CT molecular complexity index is 776. The first-order valence-electron chi connectivity index (χ1n) is 7.09. The average Bonchev–Trinajstić information content (AvgIpc) is 3.37. The number of nitrogens with zero attached hydrogens (tertiary/aromatic N) is 1. The van der Waals surface area contributed by atoms with Crippen molar-refractivity contribution in [3.63, 3.8) is 0 Å². The zero-order chi connectivity index (χ0) is 14.1. The van der Waals surface area contributed by atoms with E-state index in [0.717, 1.165) is 34.4 Å². The molecule has 4 rings (SSSR count). The number of ether oxygens (including phenoxy) is 2. The maximum Gasteiger partial charge on any atom is 0.127 e. The highest BCUT2D eigenvalue weighted by molar-refractivity contribution is 5.94. The molecule has 0 spiro atoms. The summed E-state index contributed by atoms with van der Waals surface area (Å²) in [6.07, 6.45) is 2.08. The van der Waals surface area contributed by atoms with Crippen LogP contribution in [0.25, 0.3) is 22.0 Å². The fraction of sp³-hybridized carbons (Fsp3) is 0.167. The Labute approximate surface area is 123 Å². The van der Waals surface area contributed by atoms with Crippen LogP contribution in [0.2, 0.25) is 0 Å². The van der Waals surface area contributed by atoms with Crippen LogP contribution in [0.5, 0.6) is 5.75 Å². The fourth-order valence-corrected chi connectivity index (χ4v) is 2.48. The molecule has 3 heteroatoms. The molecule has 1 atom stereocenters. The third-order valence-electron chi connectivity index (χ3n) is 3.64. The standard InChI is InChI=1S/C18H15NO2/c1-2-9-17(21-12-14-11-20-14)15(7-1)16-8-3-5-13-6-4-10-19-18(13)16/h1-10,14H,11-12H2/t14-/m0/s1. The molecule has 1 saturated heterocycles. The summed E-state index contributed by atoms with van der Waals surface area (Å²) in [6.45, 7) is 1.41. The summed E-state index contributed by atoms with van der Waals surface area (Å²) in [4.78, 5) is 4.53. The fourth-order valence-electron chi connectivity index (χ4n) is 2.48. The second-order valence-corrected chi connectivity index (χ2v) is 5.14. The minimum atomic E-state index is 0.253. The summed E-state index contributed by atoms with van der Waals surface area (Å²) in [5.74, 6) is 0.881. The van der Waals surface area contributed by atoms with Crippen LogP contribution >= 0.6 is 0 Å². The van der Waals surface area contributed by atoms with Crippen molar-refractivity contribution in [1.29, 1.82) is 0 Å². The van der Waals surface area contributed by atoms with Crippen LogP contribution in [0.3, 0.4) is 0 Å². The molecule has 0 N–H and O–H groups in total. The topological polar surface area (TPSA) is 34.6 Å². The summed E-state index contributed by atoms with van der Waals surface area (Å²) < 4.78 is 11.1. The van der Waals surface area contributed by atoms with Crippen molar-refractivity contribution in [2.45, 2.75) is 6.10 Å². The van der Waals surface area contributed by atoms with Crippen molar-refractivity contribution in [3.05, 3.63) is 60.8 Å². The number of rotatable bonds is 4. The highest BCUT2D eigenvalue weighted by Crippen LogP contribution is 2.34. The molecule has 0 saturated carbocycles. The van der Waals surface area contributed by atoms with Gasteiger partial charge in [0.25, 0.3) is 0 Å². The van der Waals surface area contributed by atoms with Crippen LogP contribution < -0.4 is 4.74 Å². The second-order valence-electron chi connectivity index (χ2n) is 5.14. The van der Waals surface area contributed by atoms with Crippen LogP contribution in [0, 0.1) is 0 Å². The van der Waals surface area contributed by atoms with Crippen molar-refractivity contribution in [2.24, 2.45) is 0 Å². The highest BCUT2D eigenvalue weighted by atomic mass is 16.6. The molecule has 21 heavy (non-hydrogen) atoms. The molecule has 1 aliphatic heterocycles. The van der Waals surface area contributed by atoms with Crippen LogP contribution in [0.1, 0.15) is 0 Å². The van der Waals surface area contributed by atoms with Gasteiger partial charge in [0.2, 0.25) is 0 Å². The Morgan fingerprint density at radius 1 is 1.00 bits per heavy atom. The number of para-hydroxylation sites is 2. The van der Waals surface area contributed by atoms with Crippen LogP contribution in [-0.4, -0.2) is 24.3 Å². The lowest BCUT2D eigenvalue weighted by Crippen LogP contribution is -2.04. The van der Waals surface area contributed by atoms with Crippen LogP contribution in [0.4, 0.5) is 0 Å². The van der Waals surface area contributed by atoms with Gasteiger partial charge in [-0.25, -0.2) is 0 Å². The molecule has 3 aromatic rings. The molecule has 2 heterocycles. The van der Waals surface area contributed by atoms with E-state index >= 15 is 0 Å². The predicted octanol–water partition coefficient (Wildman–Crippen LogP) is 3.68. The smallest absolute Gasteiger partial charge is 0.127 e. The zero-order valence-electron chi connectivity index (χ0n) is 11.5. The maximum atomic E-state index is 5.91. The van der Waals surface area contributed by atoms with Gasteiger partial charge >= 0.3 is 0 Å². The molecular formula is C18H15NO2. The van der Waals surface area contributed by atoms with Gasteiger partial charge in [-0.15, -0.1) is 0 Å². The van der Waals surface area contributed by atoms with Gasteiger partial charge in [0, 0.05) is 22.7 Å². The minimum Gasteiger partial charge on any atom is -0.490 e. The first-order chi connectivity index (χ1) is 10.4. The van der Waals surface area contributed by atoms with E-state index in [9.17, 15) is 0 Å². The molecule has 1 aromatic heterocycles. The summed E-state index contributed by atoms with van der Waals surface area (Å²) in [7, 11) is 0. The molecule has 0 bridgehead atoms. The lowest BCUT2D eigenvalue weighted by atomic mass is 10.0. The molecule has 3 nitrogen and oxygen atoms in total. The molecule has 1 fully saturated rings.